The van der Waals surface area contributed by atoms with E-state index in [4.69, 9.17) is 0 Å². The monoisotopic (exact) mass is 321 g/mol. The molecule has 0 fully saturated rings. The van der Waals surface area contributed by atoms with Crippen LogP contribution in [0.1, 0.15) is 27.3 Å². The zero-order valence-corrected chi connectivity index (χ0v) is 13.0. The minimum absolute atomic E-state index is 0.160. The predicted molar refractivity (Wildman–Crippen MR) is 79.5 cm³/mol. The Morgan fingerprint density at radius 3 is 2.32 bits per heavy atom. The molecule has 2 rings (SSSR count). The van der Waals surface area contributed by atoms with E-state index in [9.17, 15) is 4.79 Å². The predicted octanol–water partition coefficient (Wildman–Crippen LogP) is 3.36. The van der Waals surface area contributed by atoms with Crippen LogP contribution in [0.25, 0.3) is 0 Å². The number of carbonyl (C=O) groups is 1. The Morgan fingerprint density at radius 2 is 1.84 bits per heavy atom. The van der Waals surface area contributed by atoms with Gasteiger partial charge in [0.2, 0.25) is 0 Å². The summed E-state index contributed by atoms with van der Waals surface area (Å²) in [7, 11) is 1.76. The smallest absolute Gasteiger partial charge is 0.275 e. The Labute approximate surface area is 120 Å². The standard InChI is InChI=1S/C14H16BrN3O/c1-8-6-5-7-9(2)12(8)16-14(19)13-11(15)10(3)17-18(13)4/h5-7H,1-4H3,(H,16,19). The molecule has 5 heteroatoms. The van der Waals surface area contributed by atoms with Crippen molar-refractivity contribution in [1.29, 1.82) is 0 Å². The summed E-state index contributed by atoms with van der Waals surface area (Å²) >= 11 is 3.41. The Hall–Kier alpha value is -1.62. The fourth-order valence-electron chi connectivity index (χ4n) is 2.06. The summed E-state index contributed by atoms with van der Waals surface area (Å²) in [5.41, 5.74) is 4.28. The highest BCUT2D eigenvalue weighted by molar-refractivity contribution is 9.10. The summed E-state index contributed by atoms with van der Waals surface area (Å²) in [6.07, 6.45) is 0. The SMILES string of the molecule is Cc1cccc(C)c1NC(=O)c1c(Br)c(C)nn1C. The molecule has 0 atom stereocenters. The number of nitrogens with one attached hydrogen (secondary N) is 1. The Balaban J connectivity index is 2.36. The minimum atomic E-state index is -0.160. The summed E-state index contributed by atoms with van der Waals surface area (Å²) in [5.74, 6) is -0.160. The van der Waals surface area contributed by atoms with Gasteiger partial charge >= 0.3 is 0 Å². The average Bonchev–Trinajstić information content (AvgIpc) is 2.58. The molecular weight excluding hydrogens is 306 g/mol. The zero-order chi connectivity index (χ0) is 14.2. The van der Waals surface area contributed by atoms with Crippen molar-refractivity contribution in [1.82, 2.24) is 9.78 Å². The molecule has 0 saturated heterocycles. The molecule has 1 heterocycles. The number of para-hydroxylation sites is 1. The van der Waals surface area contributed by atoms with Crippen LogP contribution in [0, 0.1) is 20.8 Å². The van der Waals surface area contributed by atoms with Crippen LogP contribution in [0.2, 0.25) is 0 Å². The molecule has 1 N–H and O–H groups in total. The summed E-state index contributed by atoms with van der Waals surface area (Å²) < 4.78 is 2.32. The van der Waals surface area contributed by atoms with Gasteiger partial charge in [-0.15, -0.1) is 0 Å². The molecule has 0 unspecified atom stereocenters. The van der Waals surface area contributed by atoms with Crippen molar-refractivity contribution < 1.29 is 4.79 Å². The first-order chi connectivity index (χ1) is 8.91. The lowest BCUT2D eigenvalue weighted by atomic mass is 10.1. The number of halogens is 1. The molecule has 0 bridgehead atoms. The Morgan fingerprint density at radius 1 is 1.26 bits per heavy atom. The lowest BCUT2D eigenvalue weighted by molar-refractivity contribution is 0.101. The van der Waals surface area contributed by atoms with Crippen molar-refractivity contribution in [2.45, 2.75) is 20.8 Å². The van der Waals surface area contributed by atoms with E-state index in [0.717, 1.165) is 27.0 Å². The van der Waals surface area contributed by atoms with Crippen LogP contribution >= 0.6 is 15.9 Å². The van der Waals surface area contributed by atoms with E-state index >= 15 is 0 Å². The van der Waals surface area contributed by atoms with E-state index in [0.29, 0.717) is 5.69 Å². The molecule has 0 aliphatic carbocycles. The second-order valence-corrected chi connectivity index (χ2v) is 5.39. The third kappa shape index (κ3) is 2.56. The normalized spacial score (nSPS) is 10.6. The first-order valence-corrected chi connectivity index (χ1v) is 6.77. The molecule has 1 aromatic heterocycles. The van der Waals surface area contributed by atoms with Gasteiger partial charge in [-0.2, -0.15) is 5.10 Å². The van der Waals surface area contributed by atoms with E-state index < -0.39 is 0 Å². The molecule has 19 heavy (non-hydrogen) atoms. The number of benzene rings is 1. The van der Waals surface area contributed by atoms with Gasteiger partial charge in [0.1, 0.15) is 5.69 Å². The largest absolute Gasteiger partial charge is 0.320 e. The molecule has 0 saturated carbocycles. The third-order valence-electron chi connectivity index (χ3n) is 3.08. The minimum Gasteiger partial charge on any atom is -0.320 e. The third-order valence-corrected chi connectivity index (χ3v) is 4.03. The van der Waals surface area contributed by atoms with Crippen LogP contribution in [0.3, 0.4) is 0 Å². The van der Waals surface area contributed by atoms with Crippen LogP contribution < -0.4 is 5.32 Å². The summed E-state index contributed by atoms with van der Waals surface area (Å²) in [5, 5.41) is 7.19. The molecule has 4 nitrogen and oxygen atoms in total. The molecular formula is C14H16BrN3O. The zero-order valence-electron chi connectivity index (χ0n) is 11.4. The van der Waals surface area contributed by atoms with E-state index in [1.807, 2.05) is 39.0 Å². The Bertz CT molecular complexity index is 626. The first-order valence-electron chi connectivity index (χ1n) is 5.98. The van der Waals surface area contributed by atoms with E-state index in [-0.39, 0.29) is 5.91 Å². The van der Waals surface area contributed by atoms with Gasteiger partial charge in [0.25, 0.3) is 5.91 Å². The molecule has 1 aromatic carbocycles. The fourth-order valence-corrected chi connectivity index (χ4v) is 2.58. The van der Waals surface area contributed by atoms with Gasteiger partial charge in [0.05, 0.1) is 10.2 Å². The maximum Gasteiger partial charge on any atom is 0.275 e. The molecule has 0 radical (unpaired) electrons. The number of aryl methyl sites for hydroxylation is 4. The van der Waals surface area contributed by atoms with E-state index in [1.165, 1.54) is 0 Å². The topological polar surface area (TPSA) is 46.9 Å². The van der Waals surface area contributed by atoms with Crippen molar-refractivity contribution in [2.24, 2.45) is 7.05 Å². The highest BCUT2D eigenvalue weighted by Crippen LogP contribution is 2.24. The molecule has 0 aliphatic heterocycles. The second kappa shape index (κ2) is 5.17. The van der Waals surface area contributed by atoms with E-state index in [2.05, 4.69) is 26.3 Å². The number of hydrogen-bond acceptors (Lipinski definition) is 2. The maximum atomic E-state index is 12.4. The van der Waals surface area contributed by atoms with E-state index in [1.54, 1.807) is 11.7 Å². The van der Waals surface area contributed by atoms with Gasteiger partial charge in [-0.25, -0.2) is 0 Å². The number of amides is 1. The molecule has 1 amide bonds. The molecule has 2 aromatic rings. The number of nitrogens with zero attached hydrogens (tertiary/aromatic N) is 2. The number of rotatable bonds is 2. The molecule has 0 aliphatic rings. The lowest BCUT2D eigenvalue weighted by Gasteiger charge is -2.11. The Kier molecular flexibility index (Phi) is 3.75. The van der Waals surface area contributed by atoms with Crippen molar-refractivity contribution >= 4 is 27.5 Å². The van der Waals surface area contributed by atoms with Crippen molar-refractivity contribution in [3.05, 3.63) is 45.2 Å². The lowest BCUT2D eigenvalue weighted by Crippen LogP contribution is -2.18. The van der Waals surface area contributed by atoms with Crippen LogP contribution in [0.5, 0.6) is 0 Å². The van der Waals surface area contributed by atoms with Crippen molar-refractivity contribution in [2.75, 3.05) is 5.32 Å². The van der Waals surface area contributed by atoms with Gasteiger partial charge in [-0.05, 0) is 47.8 Å². The average molecular weight is 322 g/mol. The number of hydrogen-bond donors (Lipinski definition) is 1. The van der Waals surface area contributed by atoms with Crippen LogP contribution in [-0.4, -0.2) is 15.7 Å². The maximum absolute atomic E-state index is 12.4. The summed E-state index contributed by atoms with van der Waals surface area (Å²) in [6, 6.07) is 5.93. The highest BCUT2D eigenvalue weighted by atomic mass is 79.9. The highest BCUT2D eigenvalue weighted by Gasteiger charge is 2.19. The van der Waals surface area contributed by atoms with Gasteiger partial charge < -0.3 is 5.32 Å². The van der Waals surface area contributed by atoms with Crippen LogP contribution in [0.4, 0.5) is 5.69 Å². The van der Waals surface area contributed by atoms with Gasteiger partial charge in [-0.3, -0.25) is 9.48 Å². The molecule has 100 valence electrons. The van der Waals surface area contributed by atoms with Gasteiger partial charge in [0, 0.05) is 12.7 Å². The summed E-state index contributed by atoms with van der Waals surface area (Å²) in [6.45, 7) is 5.82. The van der Waals surface area contributed by atoms with Gasteiger partial charge in [-0.1, -0.05) is 18.2 Å². The number of aromatic nitrogens is 2. The summed E-state index contributed by atoms with van der Waals surface area (Å²) in [4.78, 5) is 12.4. The number of carbonyl (C=O) groups excluding carboxylic acids is 1. The first kappa shape index (κ1) is 13.8. The van der Waals surface area contributed by atoms with Crippen LogP contribution in [0.15, 0.2) is 22.7 Å². The quantitative estimate of drug-likeness (QED) is 0.921. The van der Waals surface area contributed by atoms with Crippen molar-refractivity contribution in [3.8, 4) is 0 Å². The number of anilines is 1. The van der Waals surface area contributed by atoms with Gasteiger partial charge in [0.15, 0.2) is 0 Å². The second-order valence-electron chi connectivity index (χ2n) is 4.59. The molecule has 0 spiro atoms. The van der Waals surface area contributed by atoms with Crippen LogP contribution in [-0.2, 0) is 7.05 Å². The van der Waals surface area contributed by atoms with Crippen molar-refractivity contribution in [3.63, 3.8) is 0 Å². The fraction of sp³-hybridized carbons (Fsp3) is 0.286.